The molecule has 0 unspecified atom stereocenters. The van der Waals surface area contributed by atoms with Crippen LogP contribution >= 0.6 is 11.8 Å². The Kier molecular flexibility index (Phi) is 4.70. The molecule has 2 N–H and O–H groups in total. The molecule has 0 atom stereocenters. The number of thioether (sulfide) groups is 1. The Morgan fingerprint density at radius 3 is 2.76 bits per heavy atom. The summed E-state index contributed by atoms with van der Waals surface area (Å²) in [6.45, 7) is 1.96. The highest BCUT2D eigenvalue weighted by molar-refractivity contribution is 7.98. The molecule has 0 radical (unpaired) electrons. The van der Waals surface area contributed by atoms with E-state index in [1.807, 2.05) is 31.2 Å². The first kappa shape index (κ1) is 15.2. The Morgan fingerprint density at radius 2 is 2.10 bits per heavy atom. The van der Waals surface area contributed by atoms with Gasteiger partial charge in [-0.1, -0.05) is 18.2 Å². The molecule has 0 aliphatic heterocycles. The molecule has 2 aromatic rings. The molecule has 2 rings (SSSR count). The third-order valence-corrected chi connectivity index (χ3v) is 4.26. The van der Waals surface area contributed by atoms with Crippen molar-refractivity contribution < 1.29 is 9.66 Å². The summed E-state index contributed by atoms with van der Waals surface area (Å²) in [5, 5.41) is 11.0. The molecule has 0 heterocycles. The van der Waals surface area contributed by atoms with E-state index in [2.05, 4.69) is 0 Å². The molecule has 0 bridgehead atoms. The van der Waals surface area contributed by atoms with E-state index >= 15 is 0 Å². The fourth-order valence-electron chi connectivity index (χ4n) is 1.91. The van der Waals surface area contributed by atoms with Crippen LogP contribution in [-0.2, 0) is 5.75 Å². The molecule has 0 saturated carbocycles. The second kappa shape index (κ2) is 6.49. The molecular weight excluding hydrogens is 288 g/mol. The lowest BCUT2D eigenvalue weighted by Crippen LogP contribution is -1.95. The van der Waals surface area contributed by atoms with Gasteiger partial charge in [0.1, 0.15) is 0 Å². The van der Waals surface area contributed by atoms with Crippen LogP contribution in [0.3, 0.4) is 0 Å². The molecule has 110 valence electrons. The average molecular weight is 304 g/mol. The number of aryl methyl sites for hydroxylation is 1. The first-order valence-electron chi connectivity index (χ1n) is 6.32. The van der Waals surface area contributed by atoms with E-state index in [0.717, 1.165) is 21.7 Å². The van der Waals surface area contributed by atoms with Gasteiger partial charge >= 0.3 is 5.69 Å². The number of ether oxygens (including phenoxy) is 1. The van der Waals surface area contributed by atoms with Crippen LogP contribution in [0.2, 0.25) is 0 Å². The fourth-order valence-corrected chi connectivity index (χ4v) is 2.90. The van der Waals surface area contributed by atoms with Gasteiger partial charge in [-0.05, 0) is 30.2 Å². The molecule has 21 heavy (non-hydrogen) atoms. The summed E-state index contributed by atoms with van der Waals surface area (Å²) in [5.74, 6) is 0.877. The third kappa shape index (κ3) is 3.46. The number of anilines is 1. The monoisotopic (exact) mass is 304 g/mol. The number of nitro groups is 1. The first-order valence-corrected chi connectivity index (χ1v) is 7.30. The predicted molar refractivity (Wildman–Crippen MR) is 84.8 cm³/mol. The molecule has 0 fully saturated rings. The molecule has 0 aliphatic carbocycles. The summed E-state index contributed by atoms with van der Waals surface area (Å²) in [5.41, 5.74) is 8.64. The molecule has 0 aromatic heterocycles. The lowest BCUT2D eigenvalue weighted by atomic mass is 10.2. The number of methoxy groups -OCH3 is 1. The van der Waals surface area contributed by atoms with Gasteiger partial charge in [0.05, 0.1) is 12.0 Å². The van der Waals surface area contributed by atoms with Crippen molar-refractivity contribution in [3.8, 4) is 5.75 Å². The summed E-state index contributed by atoms with van der Waals surface area (Å²) >= 11 is 1.56. The molecule has 0 saturated heterocycles. The number of hydrogen-bond acceptors (Lipinski definition) is 5. The van der Waals surface area contributed by atoms with Gasteiger partial charge in [-0.2, -0.15) is 0 Å². The van der Waals surface area contributed by atoms with E-state index in [4.69, 9.17) is 10.5 Å². The van der Waals surface area contributed by atoms with Crippen LogP contribution in [0.5, 0.6) is 5.75 Å². The zero-order chi connectivity index (χ0) is 15.4. The topological polar surface area (TPSA) is 78.4 Å². The number of para-hydroxylation sites is 1. The highest BCUT2D eigenvalue weighted by Gasteiger charge is 2.15. The van der Waals surface area contributed by atoms with Crippen LogP contribution in [-0.4, -0.2) is 12.0 Å². The predicted octanol–water partition coefficient (Wildman–Crippen LogP) is 3.79. The smallest absolute Gasteiger partial charge is 0.311 e. The van der Waals surface area contributed by atoms with Gasteiger partial charge < -0.3 is 10.5 Å². The Hall–Kier alpha value is -2.21. The van der Waals surface area contributed by atoms with Crippen molar-refractivity contribution in [3.05, 3.63) is 57.6 Å². The Labute approximate surface area is 127 Å². The number of benzene rings is 2. The van der Waals surface area contributed by atoms with Crippen LogP contribution in [0.4, 0.5) is 11.4 Å². The summed E-state index contributed by atoms with van der Waals surface area (Å²) < 4.78 is 4.99. The SMILES string of the molecule is COc1ccc(CSc2cccc(C)c2N)cc1[N+](=O)[O-]. The van der Waals surface area contributed by atoms with Crippen LogP contribution < -0.4 is 10.5 Å². The van der Waals surface area contributed by atoms with Gasteiger partial charge in [-0.15, -0.1) is 11.8 Å². The van der Waals surface area contributed by atoms with Crippen molar-refractivity contribution in [1.29, 1.82) is 0 Å². The van der Waals surface area contributed by atoms with E-state index in [-0.39, 0.29) is 11.4 Å². The van der Waals surface area contributed by atoms with E-state index in [1.54, 1.807) is 17.8 Å². The van der Waals surface area contributed by atoms with Crippen LogP contribution in [0.1, 0.15) is 11.1 Å². The molecule has 6 heteroatoms. The van der Waals surface area contributed by atoms with Crippen molar-refractivity contribution in [2.45, 2.75) is 17.6 Å². The summed E-state index contributed by atoms with van der Waals surface area (Å²) in [6, 6.07) is 10.8. The second-order valence-corrected chi connectivity index (χ2v) is 5.56. The molecule has 5 nitrogen and oxygen atoms in total. The highest BCUT2D eigenvalue weighted by atomic mass is 32.2. The number of nitrogens with zero attached hydrogens (tertiary/aromatic N) is 1. The van der Waals surface area contributed by atoms with Gasteiger partial charge in [0.2, 0.25) is 0 Å². The normalized spacial score (nSPS) is 10.4. The maximum Gasteiger partial charge on any atom is 0.311 e. The largest absolute Gasteiger partial charge is 0.490 e. The van der Waals surface area contributed by atoms with Crippen molar-refractivity contribution in [2.24, 2.45) is 0 Å². The van der Waals surface area contributed by atoms with E-state index < -0.39 is 4.92 Å². The Bertz CT molecular complexity index is 674. The van der Waals surface area contributed by atoms with Gasteiger partial charge in [0, 0.05) is 22.4 Å². The first-order chi connectivity index (χ1) is 10.0. The quantitative estimate of drug-likeness (QED) is 0.393. The summed E-state index contributed by atoms with van der Waals surface area (Å²) in [7, 11) is 1.42. The molecule has 2 aromatic carbocycles. The van der Waals surface area contributed by atoms with Crippen LogP contribution in [0.15, 0.2) is 41.3 Å². The standard InChI is InChI=1S/C15H16N2O3S/c1-10-4-3-5-14(15(10)16)21-9-11-6-7-13(20-2)12(8-11)17(18)19/h3-8H,9,16H2,1-2H3. The minimum absolute atomic E-state index is 0.0205. The molecule has 0 aliphatic rings. The lowest BCUT2D eigenvalue weighted by Gasteiger charge is -2.08. The fraction of sp³-hybridized carbons (Fsp3) is 0.200. The number of hydrogen-bond donors (Lipinski definition) is 1. The molecule has 0 spiro atoms. The van der Waals surface area contributed by atoms with E-state index in [9.17, 15) is 10.1 Å². The molecule has 0 amide bonds. The average Bonchev–Trinajstić information content (AvgIpc) is 2.48. The highest BCUT2D eigenvalue weighted by Crippen LogP contribution is 2.33. The Balaban J connectivity index is 2.19. The second-order valence-electron chi connectivity index (χ2n) is 4.54. The van der Waals surface area contributed by atoms with Crippen molar-refractivity contribution >= 4 is 23.1 Å². The van der Waals surface area contributed by atoms with Gasteiger partial charge in [0.15, 0.2) is 5.75 Å². The number of nitrogen functional groups attached to an aromatic ring is 1. The van der Waals surface area contributed by atoms with Crippen LogP contribution in [0.25, 0.3) is 0 Å². The zero-order valence-electron chi connectivity index (χ0n) is 11.8. The van der Waals surface area contributed by atoms with Gasteiger partial charge in [-0.25, -0.2) is 0 Å². The maximum absolute atomic E-state index is 11.0. The number of rotatable bonds is 5. The Morgan fingerprint density at radius 1 is 1.33 bits per heavy atom. The van der Waals surface area contributed by atoms with Gasteiger partial charge in [-0.3, -0.25) is 10.1 Å². The summed E-state index contributed by atoms with van der Waals surface area (Å²) in [6.07, 6.45) is 0. The van der Waals surface area contributed by atoms with Crippen molar-refractivity contribution in [1.82, 2.24) is 0 Å². The summed E-state index contributed by atoms with van der Waals surface area (Å²) in [4.78, 5) is 11.5. The number of nitro benzene ring substituents is 1. The zero-order valence-corrected chi connectivity index (χ0v) is 12.6. The van der Waals surface area contributed by atoms with Crippen molar-refractivity contribution in [2.75, 3.05) is 12.8 Å². The van der Waals surface area contributed by atoms with Gasteiger partial charge in [0.25, 0.3) is 0 Å². The maximum atomic E-state index is 11.0. The van der Waals surface area contributed by atoms with E-state index in [0.29, 0.717) is 5.75 Å². The van der Waals surface area contributed by atoms with E-state index in [1.165, 1.54) is 13.2 Å². The third-order valence-electron chi connectivity index (χ3n) is 3.12. The minimum Gasteiger partial charge on any atom is -0.490 e. The number of nitrogens with two attached hydrogens (primary N) is 1. The van der Waals surface area contributed by atoms with Crippen molar-refractivity contribution in [3.63, 3.8) is 0 Å². The van der Waals surface area contributed by atoms with Crippen LogP contribution in [0, 0.1) is 17.0 Å². The minimum atomic E-state index is -0.436. The molecular formula is C15H16N2O3S. The lowest BCUT2D eigenvalue weighted by molar-refractivity contribution is -0.385.